The Balaban J connectivity index is 1.25. The molecule has 2 heterocycles. The molecule has 228 valence electrons. The highest BCUT2D eigenvalue weighted by molar-refractivity contribution is 6.11. The van der Waals surface area contributed by atoms with E-state index in [4.69, 9.17) is 0 Å². The van der Waals surface area contributed by atoms with Crippen molar-refractivity contribution in [3.8, 4) is 45.8 Å². The Morgan fingerprint density at radius 1 is 0.469 bits per heavy atom. The van der Waals surface area contributed by atoms with Crippen LogP contribution in [0.5, 0.6) is 0 Å². The summed E-state index contributed by atoms with van der Waals surface area (Å²) in [6, 6.07) is 57.1. The van der Waals surface area contributed by atoms with E-state index in [1.54, 1.807) is 0 Å². The van der Waals surface area contributed by atoms with Gasteiger partial charge in [-0.2, -0.15) is 10.5 Å². The van der Waals surface area contributed by atoms with Crippen LogP contribution in [0.15, 0.2) is 152 Å². The van der Waals surface area contributed by atoms with Gasteiger partial charge in [-0.25, -0.2) is 0 Å². The van der Waals surface area contributed by atoms with Crippen LogP contribution in [0.2, 0.25) is 0 Å². The number of aryl methyl sites for hydroxylation is 1. The third kappa shape index (κ3) is 4.29. The molecule has 4 heteroatoms. The van der Waals surface area contributed by atoms with Gasteiger partial charge in [0, 0.05) is 32.8 Å². The molecule has 4 nitrogen and oxygen atoms in total. The molecule has 49 heavy (non-hydrogen) atoms. The Morgan fingerprint density at radius 3 is 1.69 bits per heavy atom. The van der Waals surface area contributed by atoms with Crippen LogP contribution in [-0.2, 0) is 0 Å². The average molecular weight is 625 g/mol. The maximum Gasteiger partial charge on any atom is 0.101 e. The first-order valence-electron chi connectivity index (χ1n) is 16.3. The number of hydrogen-bond donors (Lipinski definition) is 0. The minimum absolute atomic E-state index is 0.623. The zero-order chi connectivity index (χ0) is 33.1. The van der Waals surface area contributed by atoms with Gasteiger partial charge in [0.2, 0.25) is 0 Å². The Hall–Kier alpha value is -6.88. The maximum absolute atomic E-state index is 10.5. The van der Waals surface area contributed by atoms with Gasteiger partial charge in [-0.3, -0.25) is 0 Å². The van der Waals surface area contributed by atoms with Gasteiger partial charge >= 0.3 is 0 Å². The topological polar surface area (TPSA) is 57.4 Å². The fourth-order valence-corrected chi connectivity index (χ4v) is 7.63. The van der Waals surface area contributed by atoms with Crippen molar-refractivity contribution in [1.82, 2.24) is 9.13 Å². The molecule has 0 aliphatic rings. The quantitative estimate of drug-likeness (QED) is 0.196. The molecule has 0 fully saturated rings. The van der Waals surface area contributed by atoms with Gasteiger partial charge in [-0.15, -0.1) is 0 Å². The highest BCUT2D eigenvalue weighted by Crippen LogP contribution is 2.42. The van der Waals surface area contributed by atoms with Crippen molar-refractivity contribution in [2.75, 3.05) is 0 Å². The Bertz CT molecular complexity index is 2800. The van der Waals surface area contributed by atoms with Crippen LogP contribution < -0.4 is 0 Å². The van der Waals surface area contributed by atoms with Crippen molar-refractivity contribution in [2.24, 2.45) is 0 Å². The molecule has 0 unspecified atom stereocenters. The number of aromatic nitrogens is 2. The third-order valence-electron chi connectivity index (χ3n) is 9.74. The van der Waals surface area contributed by atoms with Crippen LogP contribution in [0.1, 0.15) is 16.7 Å². The number of benzene rings is 7. The molecule has 0 spiro atoms. The number of fused-ring (bicyclic) bond motifs is 6. The minimum Gasteiger partial charge on any atom is -0.309 e. The van der Waals surface area contributed by atoms with E-state index in [2.05, 4.69) is 143 Å². The summed E-state index contributed by atoms with van der Waals surface area (Å²) in [5, 5.41) is 24.6. The maximum atomic E-state index is 10.5. The molecule has 0 amide bonds. The second kappa shape index (κ2) is 11.1. The lowest BCUT2D eigenvalue weighted by atomic mass is 9.89. The van der Waals surface area contributed by atoms with E-state index in [-0.39, 0.29) is 0 Å². The standard InChI is InChI=1S/C45H28N4/c1-29-10-8-15-37(38-16-9-11-32(28-47)45(38)49-41-18-6-2-12-34(41)35-13-3-7-19-42(35)49)44(29)31-21-23-33(24-22-31)48-40-17-5-4-14-36(40)39-26-30(27-46)20-25-43(39)48/h2-26H,1H3. The van der Waals surface area contributed by atoms with E-state index in [1.807, 2.05) is 36.4 Å². The van der Waals surface area contributed by atoms with Crippen LogP contribution in [-0.4, -0.2) is 9.13 Å². The lowest BCUT2D eigenvalue weighted by Crippen LogP contribution is -2.02. The molecular formula is C45H28N4. The van der Waals surface area contributed by atoms with Crippen LogP contribution in [0.25, 0.3) is 77.2 Å². The summed E-state index contributed by atoms with van der Waals surface area (Å²) in [7, 11) is 0. The molecule has 9 rings (SSSR count). The van der Waals surface area contributed by atoms with Gasteiger partial charge in [-0.05, 0) is 83.8 Å². The number of rotatable bonds is 4. The zero-order valence-corrected chi connectivity index (χ0v) is 26.7. The van der Waals surface area contributed by atoms with E-state index in [9.17, 15) is 10.5 Å². The summed E-state index contributed by atoms with van der Waals surface area (Å²) >= 11 is 0. The molecule has 0 N–H and O–H groups in total. The second-order valence-electron chi connectivity index (χ2n) is 12.4. The van der Waals surface area contributed by atoms with Crippen LogP contribution in [0, 0.1) is 29.6 Å². The largest absolute Gasteiger partial charge is 0.309 e. The number of nitriles is 2. The third-order valence-corrected chi connectivity index (χ3v) is 9.74. The Labute approximate surface area is 283 Å². The number of hydrogen-bond acceptors (Lipinski definition) is 2. The van der Waals surface area contributed by atoms with Crippen molar-refractivity contribution in [3.05, 3.63) is 168 Å². The predicted octanol–water partition coefficient (Wildman–Crippen LogP) is 11.3. The van der Waals surface area contributed by atoms with Gasteiger partial charge in [0.05, 0.1) is 45.0 Å². The summed E-state index contributed by atoms with van der Waals surface area (Å²) in [5.41, 5.74) is 13.0. The zero-order valence-electron chi connectivity index (χ0n) is 26.7. The fraction of sp³-hybridized carbons (Fsp3) is 0.0222. The first kappa shape index (κ1) is 28.4. The van der Waals surface area contributed by atoms with E-state index < -0.39 is 0 Å². The molecule has 2 aromatic heterocycles. The van der Waals surface area contributed by atoms with Gasteiger partial charge in [0.25, 0.3) is 0 Å². The SMILES string of the molecule is Cc1cccc(-c2cccc(C#N)c2-n2c3ccccc3c3ccccc32)c1-c1ccc(-n2c3ccccc3c3cc(C#N)ccc32)cc1. The Kier molecular flexibility index (Phi) is 6.44. The first-order chi connectivity index (χ1) is 24.2. The molecule has 0 aliphatic carbocycles. The molecule has 9 aromatic rings. The summed E-state index contributed by atoms with van der Waals surface area (Å²) in [5.74, 6) is 0. The van der Waals surface area contributed by atoms with E-state index in [1.165, 1.54) is 0 Å². The smallest absolute Gasteiger partial charge is 0.101 e. The summed E-state index contributed by atoms with van der Waals surface area (Å²) in [4.78, 5) is 0. The average Bonchev–Trinajstić information content (AvgIpc) is 3.67. The number of nitrogens with zero attached hydrogens (tertiary/aromatic N) is 4. The summed E-state index contributed by atoms with van der Waals surface area (Å²) < 4.78 is 4.53. The van der Waals surface area contributed by atoms with Crippen LogP contribution >= 0.6 is 0 Å². The van der Waals surface area contributed by atoms with Crippen LogP contribution in [0.4, 0.5) is 0 Å². The molecule has 0 atom stereocenters. The van der Waals surface area contributed by atoms with E-state index >= 15 is 0 Å². The molecule has 0 saturated carbocycles. The van der Waals surface area contributed by atoms with Crippen molar-refractivity contribution >= 4 is 43.6 Å². The lowest BCUT2D eigenvalue weighted by Gasteiger charge is -2.20. The lowest BCUT2D eigenvalue weighted by molar-refractivity contribution is 1.17. The summed E-state index contributed by atoms with van der Waals surface area (Å²) in [6.07, 6.45) is 0. The van der Waals surface area contributed by atoms with Crippen molar-refractivity contribution in [2.45, 2.75) is 6.92 Å². The second-order valence-corrected chi connectivity index (χ2v) is 12.4. The monoisotopic (exact) mass is 624 g/mol. The fourth-order valence-electron chi connectivity index (χ4n) is 7.63. The molecule has 7 aromatic carbocycles. The van der Waals surface area contributed by atoms with Gasteiger partial charge in [0.1, 0.15) is 6.07 Å². The molecule has 0 saturated heterocycles. The van der Waals surface area contributed by atoms with Crippen molar-refractivity contribution in [1.29, 1.82) is 10.5 Å². The van der Waals surface area contributed by atoms with E-state index in [0.29, 0.717) is 11.1 Å². The minimum atomic E-state index is 0.623. The van der Waals surface area contributed by atoms with E-state index in [0.717, 1.165) is 82.8 Å². The highest BCUT2D eigenvalue weighted by Gasteiger charge is 2.21. The molecule has 0 radical (unpaired) electrons. The molecule has 0 aliphatic heterocycles. The normalized spacial score (nSPS) is 11.3. The summed E-state index contributed by atoms with van der Waals surface area (Å²) in [6.45, 7) is 2.15. The van der Waals surface area contributed by atoms with Gasteiger partial charge in [-0.1, -0.05) is 97.1 Å². The van der Waals surface area contributed by atoms with Crippen molar-refractivity contribution in [3.63, 3.8) is 0 Å². The van der Waals surface area contributed by atoms with Crippen LogP contribution in [0.3, 0.4) is 0 Å². The first-order valence-corrected chi connectivity index (χ1v) is 16.3. The van der Waals surface area contributed by atoms with Gasteiger partial charge in [0.15, 0.2) is 0 Å². The molecular weight excluding hydrogens is 597 g/mol. The molecule has 0 bridgehead atoms. The highest BCUT2D eigenvalue weighted by atomic mass is 15.0. The predicted molar refractivity (Wildman–Crippen MR) is 200 cm³/mol. The Morgan fingerprint density at radius 2 is 1.04 bits per heavy atom. The number of para-hydroxylation sites is 4. The van der Waals surface area contributed by atoms with Crippen molar-refractivity contribution < 1.29 is 0 Å². The van der Waals surface area contributed by atoms with Gasteiger partial charge < -0.3 is 9.13 Å².